The molecular formula is C14H22ClN3. The van der Waals surface area contributed by atoms with Crippen molar-refractivity contribution in [2.75, 3.05) is 18.5 Å². The van der Waals surface area contributed by atoms with Crippen molar-refractivity contribution in [1.29, 1.82) is 0 Å². The smallest absolute Gasteiger partial charge is 0.137 e. The lowest BCUT2D eigenvalue weighted by molar-refractivity contribution is 0.361. The molecule has 1 aromatic heterocycles. The summed E-state index contributed by atoms with van der Waals surface area (Å²) in [7, 11) is 2.12. The SMILES string of the molecule is CCc1c(Cl)ncnc1N(C)CC1CCCCC1. The Morgan fingerprint density at radius 1 is 1.28 bits per heavy atom. The fourth-order valence-electron chi connectivity index (χ4n) is 2.86. The first-order valence-corrected chi connectivity index (χ1v) is 7.30. The molecule has 1 fully saturated rings. The zero-order valence-electron chi connectivity index (χ0n) is 11.3. The third-order valence-electron chi connectivity index (χ3n) is 3.84. The topological polar surface area (TPSA) is 29.0 Å². The lowest BCUT2D eigenvalue weighted by atomic mass is 9.89. The number of halogens is 1. The Labute approximate surface area is 115 Å². The molecule has 0 unspecified atom stereocenters. The van der Waals surface area contributed by atoms with Gasteiger partial charge in [-0.05, 0) is 25.2 Å². The van der Waals surface area contributed by atoms with Crippen LogP contribution in [-0.2, 0) is 6.42 Å². The van der Waals surface area contributed by atoms with Gasteiger partial charge in [-0.15, -0.1) is 0 Å². The average molecular weight is 268 g/mol. The Hall–Kier alpha value is -0.830. The molecule has 0 amide bonds. The minimum atomic E-state index is 0.595. The van der Waals surface area contributed by atoms with Crippen LogP contribution in [-0.4, -0.2) is 23.6 Å². The zero-order chi connectivity index (χ0) is 13.0. The third kappa shape index (κ3) is 3.14. The quantitative estimate of drug-likeness (QED) is 0.779. The van der Waals surface area contributed by atoms with Gasteiger partial charge in [-0.1, -0.05) is 37.8 Å². The number of nitrogens with zero attached hydrogens (tertiary/aromatic N) is 3. The highest BCUT2D eigenvalue weighted by Gasteiger charge is 2.18. The van der Waals surface area contributed by atoms with Crippen LogP contribution in [0.4, 0.5) is 5.82 Å². The summed E-state index contributed by atoms with van der Waals surface area (Å²) >= 11 is 6.14. The van der Waals surface area contributed by atoms with Gasteiger partial charge in [0.25, 0.3) is 0 Å². The van der Waals surface area contributed by atoms with Crippen molar-refractivity contribution in [3.8, 4) is 0 Å². The summed E-state index contributed by atoms with van der Waals surface area (Å²) in [5.74, 6) is 1.81. The molecule has 0 bridgehead atoms. The Morgan fingerprint density at radius 2 is 2.00 bits per heavy atom. The van der Waals surface area contributed by atoms with Crippen LogP contribution in [0.15, 0.2) is 6.33 Å². The maximum absolute atomic E-state index is 6.14. The molecule has 1 aliphatic rings. The lowest BCUT2D eigenvalue weighted by Gasteiger charge is -2.28. The summed E-state index contributed by atoms with van der Waals surface area (Å²) in [6.45, 7) is 3.18. The van der Waals surface area contributed by atoms with Crippen LogP contribution in [0.3, 0.4) is 0 Å². The first-order valence-electron chi connectivity index (χ1n) is 6.93. The second kappa shape index (κ2) is 6.37. The molecular weight excluding hydrogens is 246 g/mol. The monoisotopic (exact) mass is 267 g/mol. The predicted octanol–water partition coefficient (Wildman–Crippen LogP) is 3.71. The van der Waals surface area contributed by atoms with Crippen LogP contribution in [0.25, 0.3) is 0 Å². The van der Waals surface area contributed by atoms with E-state index in [4.69, 9.17) is 11.6 Å². The van der Waals surface area contributed by atoms with Crippen LogP contribution >= 0.6 is 11.6 Å². The van der Waals surface area contributed by atoms with Gasteiger partial charge in [-0.2, -0.15) is 0 Å². The van der Waals surface area contributed by atoms with Gasteiger partial charge in [0.05, 0.1) is 0 Å². The molecule has 0 N–H and O–H groups in total. The summed E-state index contributed by atoms with van der Waals surface area (Å²) in [4.78, 5) is 10.7. The molecule has 2 rings (SSSR count). The van der Waals surface area contributed by atoms with Gasteiger partial charge >= 0.3 is 0 Å². The van der Waals surface area contributed by atoms with Crippen molar-refractivity contribution < 1.29 is 0 Å². The largest absolute Gasteiger partial charge is 0.359 e. The standard InChI is InChI=1S/C14H22ClN3/c1-3-12-13(15)16-10-17-14(12)18(2)9-11-7-5-4-6-8-11/h10-11H,3-9H2,1-2H3. The highest BCUT2D eigenvalue weighted by atomic mass is 35.5. The average Bonchev–Trinajstić information content (AvgIpc) is 2.39. The summed E-state index contributed by atoms with van der Waals surface area (Å²) in [5, 5.41) is 0.595. The lowest BCUT2D eigenvalue weighted by Crippen LogP contribution is -2.28. The van der Waals surface area contributed by atoms with E-state index >= 15 is 0 Å². The molecule has 0 spiro atoms. The van der Waals surface area contributed by atoms with Crippen molar-refractivity contribution >= 4 is 17.4 Å². The summed E-state index contributed by atoms with van der Waals surface area (Å²) < 4.78 is 0. The Kier molecular flexibility index (Phi) is 4.81. The number of aromatic nitrogens is 2. The van der Waals surface area contributed by atoms with Crippen molar-refractivity contribution in [3.63, 3.8) is 0 Å². The van der Waals surface area contributed by atoms with Gasteiger partial charge in [0.15, 0.2) is 0 Å². The molecule has 1 aromatic rings. The van der Waals surface area contributed by atoms with Gasteiger partial charge in [0.1, 0.15) is 17.3 Å². The third-order valence-corrected chi connectivity index (χ3v) is 4.17. The summed E-state index contributed by atoms with van der Waals surface area (Å²) in [6.07, 6.45) is 9.31. The fourth-order valence-corrected chi connectivity index (χ4v) is 3.12. The van der Waals surface area contributed by atoms with E-state index in [2.05, 4.69) is 28.8 Å². The highest BCUT2D eigenvalue weighted by molar-refractivity contribution is 6.30. The Bertz CT molecular complexity index is 389. The van der Waals surface area contributed by atoms with Crippen LogP contribution in [0, 0.1) is 5.92 Å². The molecule has 18 heavy (non-hydrogen) atoms. The van der Waals surface area contributed by atoms with Gasteiger partial charge in [0, 0.05) is 19.2 Å². The van der Waals surface area contributed by atoms with Gasteiger partial charge in [-0.25, -0.2) is 9.97 Å². The molecule has 1 aliphatic carbocycles. The van der Waals surface area contributed by atoms with E-state index in [1.807, 2.05) is 0 Å². The highest BCUT2D eigenvalue weighted by Crippen LogP contribution is 2.28. The molecule has 3 nitrogen and oxygen atoms in total. The summed E-state index contributed by atoms with van der Waals surface area (Å²) in [6, 6.07) is 0. The van der Waals surface area contributed by atoms with Crippen molar-refractivity contribution in [3.05, 3.63) is 17.0 Å². The Morgan fingerprint density at radius 3 is 2.67 bits per heavy atom. The van der Waals surface area contributed by atoms with E-state index in [0.717, 1.165) is 30.3 Å². The molecule has 4 heteroatoms. The fraction of sp³-hybridized carbons (Fsp3) is 0.714. The minimum absolute atomic E-state index is 0.595. The van der Waals surface area contributed by atoms with E-state index in [1.165, 1.54) is 32.1 Å². The first-order chi connectivity index (χ1) is 8.72. The maximum Gasteiger partial charge on any atom is 0.137 e. The maximum atomic E-state index is 6.14. The molecule has 1 saturated carbocycles. The number of anilines is 1. The molecule has 100 valence electrons. The van der Waals surface area contributed by atoms with Crippen molar-refractivity contribution in [2.45, 2.75) is 45.4 Å². The predicted molar refractivity (Wildman–Crippen MR) is 76.3 cm³/mol. The normalized spacial score (nSPS) is 16.8. The number of hydrogen-bond donors (Lipinski definition) is 0. The van der Waals surface area contributed by atoms with Crippen LogP contribution in [0.1, 0.15) is 44.6 Å². The molecule has 0 aromatic carbocycles. The van der Waals surface area contributed by atoms with Crippen molar-refractivity contribution in [1.82, 2.24) is 9.97 Å². The van der Waals surface area contributed by atoms with E-state index in [-0.39, 0.29) is 0 Å². The molecule has 0 atom stereocenters. The second-order valence-corrected chi connectivity index (χ2v) is 5.56. The van der Waals surface area contributed by atoms with E-state index in [0.29, 0.717) is 5.15 Å². The first kappa shape index (κ1) is 13.6. The van der Waals surface area contributed by atoms with Crippen LogP contribution in [0.5, 0.6) is 0 Å². The minimum Gasteiger partial charge on any atom is -0.359 e. The second-order valence-electron chi connectivity index (χ2n) is 5.20. The molecule has 1 heterocycles. The number of hydrogen-bond acceptors (Lipinski definition) is 3. The van der Waals surface area contributed by atoms with Crippen LogP contribution in [0.2, 0.25) is 5.15 Å². The molecule has 0 saturated heterocycles. The van der Waals surface area contributed by atoms with E-state index in [1.54, 1.807) is 6.33 Å². The summed E-state index contributed by atoms with van der Waals surface area (Å²) in [5.41, 5.74) is 1.07. The zero-order valence-corrected chi connectivity index (χ0v) is 12.1. The molecule has 0 radical (unpaired) electrons. The van der Waals surface area contributed by atoms with Gasteiger partial charge in [-0.3, -0.25) is 0 Å². The van der Waals surface area contributed by atoms with Crippen LogP contribution < -0.4 is 4.90 Å². The van der Waals surface area contributed by atoms with E-state index in [9.17, 15) is 0 Å². The van der Waals surface area contributed by atoms with Crippen molar-refractivity contribution in [2.24, 2.45) is 5.92 Å². The molecule has 0 aliphatic heterocycles. The van der Waals surface area contributed by atoms with Gasteiger partial charge in [0.2, 0.25) is 0 Å². The van der Waals surface area contributed by atoms with Gasteiger partial charge < -0.3 is 4.90 Å². The number of rotatable bonds is 4. The van der Waals surface area contributed by atoms with E-state index < -0.39 is 0 Å². The Balaban J connectivity index is 2.07.